The van der Waals surface area contributed by atoms with Crippen LogP contribution in [0.1, 0.15) is 17.4 Å². The first-order valence-electron chi connectivity index (χ1n) is 7.37. The van der Waals surface area contributed by atoms with Gasteiger partial charge in [-0.05, 0) is 11.6 Å². The first kappa shape index (κ1) is 15.2. The third kappa shape index (κ3) is 3.08. The molecule has 1 aliphatic rings. The molecule has 0 radical (unpaired) electrons. The van der Waals surface area contributed by atoms with Gasteiger partial charge in [-0.1, -0.05) is 34.1 Å². The molecule has 2 heterocycles. The first-order chi connectivity index (χ1) is 10.7. The molecule has 116 valence electrons. The fraction of sp³-hybridized carbons (Fsp3) is 0.375. The van der Waals surface area contributed by atoms with E-state index in [2.05, 4.69) is 26.2 Å². The van der Waals surface area contributed by atoms with Crippen molar-refractivity contribution in [2.75, 3.05) is 19.6 Å². The maximum absolute atomic E-state index is 12.8. The molecule has 1 saturated heterocycles. The van der Waals surface area contributed by atoms with E-state index < -0.39 is 0 Å². The van der Waals surface area contributed by atoms with Crippen molar-refractivity contribution in [1.29, 1.82) is 0 Å². The minimum atomic E-state index is -0.0104. The summed E-state index contributed by atoms with van der Waals surface area (Å²) in [6.07, 6.45) is 4.10. The molecular weight excluding hydrogens is 344 g/mol. The van der Waals surface area contributed by atoms with Gasteiger partial charge in [-0.2, -0.15) is 0 Å². The number of amides is 1. The Balaban J connectivity index is 1.80. The molecule has 0 bridgehead atoms. The number of carbonyl (C=O) groups is 1. The van der Waals surface area contributed by atoms with E-state index in [1.165, 1.54) is 0 Å². The summed E-state index contributed by atoms with van der Waals surface area (Å²) in [6, 6.07) is 7.86. The maximum Gasteiger partial charge on any atom is 0.227 e. The van der Waals surface area contributed by atoms with E-state index >= 15 is 0 Å². The summed E-state index contributed by atoms with van der Waals surface area (Å²) in [5.74, 6) is 1.06. The predicted octanol–water partition coefficient (Wildman–Crippen LogP) is 1.90. The van der Waals surface area contributed by atoms with Gasteiger partial charge >= 0.3 is 0 Å². The Morgan fingerprint density at radius 2 is 2.27 bits per heavy atom. The predicted molar refractivity (Wildman–Crippen MR) is 88.4 cm³/mol. The van der Waals surface area contributed by atoms with E-state index in [0.717, 1.165) is 29.0 Å². The molecule has 5 nitrogen and oxygen atoms in total. The summed E-state index contributed by atoms with van der Waals surface area (Å²) in [5.41, 5.74) is 1.02. The summed E-state index contributed by atoms with van der Waals surface area (Å²) >= 11 is 3.51. The van der Waals surface area contributed by atoms with Crippen molar-refractivity contribution >= 4 is 21.8 Å². The lowest BCUT2D eigenvalue weighted by atomic mass is 10.1. The molecule has 0 saturated carbocycles. The number of benzene rings is 1. The molecule has 1 unspecified atom stereocenters. The van der Waals surface area contributed by atoms with Gasteiger partial charge in [0.1, 0.15) is 11.9 Å². The number of halogens is 1. The monoisotopic (exact) mass is 362 g/mol. The lowest BCUT2D eigenvalue weighted by Crippen LogP contribution is -2.49. The van der Waals surface area contributed by atoms with Crippen LogP contribution in [0.25, 0.3) is 0 Å². The number of hydrogen-bond donors (Lipinski definition) is 1. The van der Waals surface area contributed by atoms with E-state index in [1.807, 2.05) is 47.0 Å². The van der Waals surface area contributed by atoms with Gasteiger partial charge in [0.05, 0.1) is 6.42 Å². The van der Waals surface area contributed by atoms with Crippen LogP contribution in [-0.4, -0.2) is 40.0 Å². The quantitative estimate of drug-likeness (QED) is 0.906. The molecule has 1 atom stereocenters. The third-order valence-corrected chi connectivity index (χ3v) is 4.79. The Bertz CT molecular complexity index is 670. The fourth-order valence-electron chi connectivity index (χ4n) is 2.84. The van der Waals surface area contributed by atoms with Crippen molar-refractivity contribution in [2.24, 2.45) is 7.05 Å². The zero-order valence-corrected chi connectivity index (χ0v) is 14.1. The lowest BCUT2D eigenvalue weighted by molar-refractivity contribution is -0.134. The molecule has 0 spiro atoms. The number of rotatable bonds is 3. The van der Waals surface area contributed by atoms with Crippen molar-refractivity contribution in [3.63, 3.8) is 0 Å². The number of aromatic nitrogens is 2. The van der Waals surface area contributed by atoms with Crippen molar-refractivity contribution in [2.45, 2.75) is 12.5 Å². The Kier molecular flexibility index (Phi) is 4.59. The molecule has 1 amide bonds. The maximum atomic E-state index is 12.8. The minimum absolute atomic E-state index is 0.0104. The van der Waals surface area contributed by atoms with Gasteiger partial charge in [0.25, 0.3) is 0 Å². The largest absolute Gasteiger partial charge is 0.336 e. The molecular formula is C16H19BrN4O. The van der Waals surface area contributed by atoms with Crippen LogP contribution in [0.4, 0.5) is 0 Å². The highest BCUT2D eigenvalue weighted by Gasteiger charge is 2.30. The molecule has 0 aliphatic carbocycles. The summed E-state index contributed by atoms with van der Waals surface area (Å²) in [5, 5.41) is 3.35. The van der Waals surface area contributed by atoms with Crippen LogP contribution in [0.5, 0.6) is 0 Å². The Hall–Kier alpha value is -1.66. The number of imidazole rings is 1. The summed E-state index contributed by atoms with van der Waals surface area (Å²) in [6.45, 7) is 2.27. The van der Waals surface area contributed by atoms with Crippen LogP contribution in [0, 0.1) is 0 Å². The van der Waals surface area contributed by atoms with E-state index in [-0.39, 0.29) is 11.9 Å². The Morgan fingerprint density at radius 3 is 3.00 bits per heavy atom. The first-order valence-corrected chi connectivity index (χ1v) is 8.17. The topological polar surface area (TPSA) is 50.2 Å². The smallest absolute Gasteiger partial charge is 0.227 e. The number of aryl methyl sites for hydroxylation is 1. The Morgan fingerprint density at radius 1 is 1.45 bits per heavy atom. The highest BCUT2D eigenvalue weighted by molar-refractivity contribution is 9.10. The van der Waals surface area contributed by atoms with Crippen molar-refractivity contribution in [3.8, 4) is 0 Å². The summed E-state index contributed by atoms with van der Waals surface area (Å²) in [7, 11) is 1.97. The fourth-order valence-corrected chi connectivity index (χ4v) is 3.26. The highest BCUT2D eigenvalue weighted by Crippen LogP contribution is 2.23. The van der Waals surface area contributed by atoms with Gasteiger partial charge in [0.15, 0.2) is 0 Å². The minimum Gasteiger partial charge on any atom is -0.336 e. The number of piperazine rings is 1. The summed E-state index contributed by atoms with van der Waals surface area (Å²) < 4.78 is 2.96. The number of nitrogens with one attached hydrogen (secondary N) is 1. The van der Waals surface area contributed by atoms with E-state index in [4.69, 9.17) is 0 Å². The zero-order chi connectivity index (χ0) is 15.5. The normalized spacial score (nSPS) is 18.5. The van der Waals surface area contributed by atoms with Crippen LogP contribution in [-0.2, 0) is 18.3 Å². The molecule has 22 heavy (non-hydrogen) atoms. The second-order valence-corrected chi connectivity index (χ2v) is 6.33. The molecule has 1 aromatic carbocycles. The number of hydrogen-bond acceptors (Lipinski definition) is 3. The molecule has 1 fully saturated rings. The van der Waals surface area contributed by atoms with Crippen molar-refractivity contribution < 1.29 is 4.79 Å². The van der Waals surface area contributed by atoms with E-state index in [1.54, 1.807) is 6.20 Å². The van der Waals surface area contributed by atoms with Crippen LogP contribution < -0.4 is 5.32 Å². The third-order valence-electron chi connectivity index (χ3n) is 4.02. The average molecular weight is 363 g/mol. The van der Waals surface area contributed by atoms with Crippen LogP contribution in [0.3, 0.4) is 0 Å². The van der Waals surface area contributed by atoms with Gasteiger partial charge in [-0.15, -0.1) is 0 Å². The van der Waals surface area contributed by atoms with E-state index in [0.29, 0.717) is 13.0 Å². The molecule has 6 heteroatoms. The molecule has 3 rings (SSSR count). The average Bonchev–Trinajstić information content (AvgIpc) is 2.95. The molecule has 1 aliphatic heterocycles. The van der Waals surface area contributed by atoms with E-state index in [9.17, 15) is 4.79 Å². The van der Waals surface area contributed by atoms with Gasteiger partial charge in [0.2, 0.25) is 5.91 Å². The number of nitrogens with zero attached hydrogens (tertiary/aromatic N) is 3. The van der Waals surface area contributed by atoms with Gasteiger partial charge in [-0.3, -0.25) is 4.79 Å². The standard InChI is InChI=1S/C16H19BrN4O/c1-20-8-7-19-16(20)14-11-18-6-9-21(14)15(22)10-12-4-2-3-5-13(12)17/h2-5,7-8,14,18H,6,9-11H2,1H3. The van der Waals surface area contributed by atoms with Crippen molar-refractivity contribution in [3.05, 3.63) is 52.5 Å². The second-order valence-electron chi connectivity index (χ2n) is 5.47. The van der Waals surface area contributed by atoms with Gasteiger partial charge < -0.3 is 14.8 Å². The molecule has 1 N–H and O–H groups in total. The van der Waals surface area contributed by atoms with Gasteiger partial charge in [-0.25, -0.2) is 4.98 Å². The van der Waals surface area contributed by atoms with Crippen LogP contribution in [0.2, 0.25) is 0 Å². The highest BCUT2D eigenvalue weighted by atomic mass is 79.9. The molecule has 2 aromatic rings. The lowest BCUT2D eigenvalue weighted by Gasteiger charge is -2.36. The zero-order valence-electron chi connectivity index (χ0n) is 12.5. The second kappa shape index (κ2) is 6.62. The van der Waals surface area contributed by atoms with Gasteiger partial charge in [0, 0.05) is 43.5 Å². The van der Waals surface area contributed by atoms with Crippen LogP contribution in [0.15, 0.2) is 41.1 Å². The van der Waals surface area contributed by atoms with Crippen molar-refractivity contribution in [1.82, 2.24) is 19.8 Å². The SMILES string of the molecule is Cn1ccnc1C1CNCCN1C(=O)Cc1ccccc1Br. The number of carbonyl (C=O) groups excluding carboxylic acids is 1. The van der Waals surface area contributed by atoms with Crippen LogP contribution >= 0.6 is 15.9 Å². The molecule has 1 aromatic heterocycles. The summed E-state index contributed by atoms with van der Waals surface area (Å²) in [4.78, 5) is 19.1. The Labute approximate surface area is 138 Å².